The summed E-state index contributed by atoms with van der Waals surface area (Å²) >= 11 is 8.91. The van der Waals surface area contributed by atoms with Gasteiger partial charge in [-0.1, -0.05) is 47.6 Å². The van der Waals surface area contributed by atoms with Crippen LogP contribution in [0.5, 0.6) is 0 Å². The van der Waals surface area contributed by atoms with Crippen molar-refractivity contribution >= 4 is 56.5 Å². The van der Waals surface area contributed by atoms with Gasteiger partial charge in [0.25, 0.3) is 0 Å². The van der Waals surface area contributed by atoms with Crippen molar-refractivity contribution in [2.45, 2.75) is 25.4 Å². The van der Waals surface area contributed by atoms with E-state index in [4.69, 9.17) is 11.6 Å². The summed E-state index contributed by atoms with van der Waals surface area (Å²) in [5, 5.41) is 7.09. The molecular weight excluding hydrogens is 436 g/mol. The van der Waals surface area contributed by atoms with Gasteiger partial charge in [-0.05, 0) is 48.4 Å². The monoisotopic (exact) mass is 454 g/mol. The molecule has 0 aliphatic carbocycles. The number of halogens is 1. The Morgan fingerprint density at radius 3 is 2.73 bits per heavy atom. The summed E-state index contributed by atoms with van der Waals surface area (Å²) in [7, 11) is 0. The molecule has 152 valence electrons. The predicted molar refractivity (Wildman–Crippen MR) is 125 cm³/mol. The number of fused-ring (bicyclic) bond motifs is 1. The van der Waals surface area contributed by atoms with E-state index in [-0.39, 0.29) is 11.7 Å². The SMILES string of the molecule is Cc1cc(C)nc(SCC(=O)Nc2ncc(Cc3cccc4cc(Cl)ccc34)s2)n1. The van der Waals surface area contributed by atoms with Gasteiger partial charge < -0.3 is 5.32 Å². The van der Waals surface area contributed by atoms with Crippen LogP contribution in [0.1, 0.15) is 21.8 Å². The molecule has 0 unspecified atom stereocenters. The van der Waals surface area contributed by atoms with E-state index in [1.807, 2.05) is 50.4 Å². The van der Waals surface area contributed by atoms with Gasteiger partial charge in [-0.15, -0.1) is 11.3 Å². The van der Waals surface area contributed by atoms with Crippen LogP contribution in [0.2, 0.25) is 5.02 Å². The van der Waals surface area contributed by atoms with Crippen LogP contribution in [0.25, 0.3) is 10.8 Å². The number of nitrogens with zero attached hydrogens (tertiary/aromatic N) is 3. The van der Waals surface area contributed by atoms with Crippen molar-refractivity contribution in [2.24, 2.45) is 0 Å². The fraction of sp³-hybridized carbons (Fsp3) is 0.182. The molecule has 0 radical (unpaired) electrons. The van der Waals surface area contributed by atoms with Crippen molar-refractivity contribution in [2.75, 3.05) is 11.1 Å². The average Bonchev–Trinajstić information content (AvgIpc) is 3.12. The molecule has 2 aromatic carbocycles. The second-order valence-corrected chi connectivity index (χ2v) is 9.36. The molecule has 4 aromatic rings. The second kappa shape index (κ2) is 9.12. The first-order chi connectivity index (χ1) is 14.5. The van der Waals surface area contributed by atoms with E-state index in [2.05, 4.69) is 32.4 Å². The first-order valence-electron chi connectivity index (χ1n) is 9.33. The molecular formula is C22H19ClN4OS2. The third-order valence-corrected chi connectivity index (χ3v) is 6.39. The molecule has 4 rings (SSSR count). The number of aryl methyl sites for hydroxylation is 2. The van der Waals surface area contributed by atoms with Crippen LogP contribution in [-0.2, 0) is 11.2 Å². The zero-order valence-electron chi connectivity index (χ0n) is 16.5. The number of hydrogen-bond donors (Lipinski definition) is 1. The number of benzene rings is 2. The van der Waals surface area contributed by atoms with Crippen molar-refractivity contribution in [1.29, 1.82) is 0 Å². The standard InChI is InChI=1S/C22H19ClN4OS2/c1-13-8-14(2)26-22(25-13)29-12-20(28)27-21-24-11-18(30-21)10-16-5-3-4-15-9-17(23)6-7-19(15)16/h3-9,11H,10,12H2,1-2H3,(H,24,27,28). The molecule has 1 amide bonds. The summed E-state index contributed by atoms with van der Waals surface area (Å²) in [6.07, 6.45) is 2.56. The highest BCUT2D eigenvalue weighted by Gasteiger charge is 2.11. The minimum Gasteiger partial charge on any atom is -0.301 e. The first kappa shape index (κ1) is 20.8. The van der Waals surface area contributed by atoms with Crippen LogP contribution in [0.3, 0.4) is 0 Å². The molecule has 1 N–H and O–H groups in total. The number of aromatic nitrogens is 3. The Bertz CT molecular complexity index is 1200. The zero-order valence-corrected chi connectivity index (χ0v) is 18.9. The van der Waals surface area contributed by atoms with Gasteiger partial charge in [0.15, 0.2) is 10.3 Å². The Morgan fingerprint density at radius 1 is 1.13 bits per heavy atom. The number of carbonyl (C=O) groups excluding carboxylic acids is 1. The topological polar surface area (TPSA) is 67.8 Å². The molecule has 0 aliphatic rings. The van der Waals surface area contributed by atoms with Crippen LogP contribution in [0.15, 0.2) is 53.8 Å². The van der Waals surface area contributed by atoms with E-state index < -0.39 is 0 Å². The molecule has 0 atom stereocenters. The Hall–Kier alpha value is -2.48. The van der Waals surface area contributed by atoms with Crippen LogP contribution in [-0.4, -0.2) is 26.6 Å². The maximum absolute atomic E-state index is 12.3. The minimum absolute atomic E-state index is 0.122. The van der Waals surface area contributed by atoms with Crippen molar-refractivity contribution < 1.29 is 4.79 Å². The first-order valence-corrected chi connectivity index (χ1v) is 11.5. The second-order valence-electron chi connectivity index (χ2n) is 6.86. The van der Waals surface area contributed by atoms with E-state index in [0.29, 0.717) is 10.3 Å². The Morgan fingerprint density at radius 2 is 1.93 bits per heavy atom. The molecule has 0 fully saturated rings. The molecule has 2 aromatic heterocycles. The predicted octanol–water partition coefficient (Wildman–Crippen LogP) is 5.68. The van der Waals surface area contributed by atoms with Crippen molar-refractivity contribution in [1.82, 2.24) is 15.0 Å². The highest BCUT2D eigenvalue weighted by molar-refractivity contribution is 7.99. The maximum Gasteiger partial charge on any atom is 0.236 e. The van der Waals surface area contributed by atoms with E-state index in [9.17, 15) is 4.79 Å². The number of thiazole rings is 1. The van der Waals surface area contributed by atoms with Gasteiger partial charge in [-0.3, -0.25) is 4.79 Å². The van der Waals surface area contributed by atoms with E-state index in [1.54, 1.807) is 0 Å². The number of hydrogen-bond acceptors (Lipinski definition) is 6. The van der Waals surface area contributed by atoms with E-state index in [0.717, 1.165) is 33.1 Å². The number of carbonyl (C=O) groups is 1. The highest BCUT2D eigenvalue weighted by Crippen LogP contribution is 2.27. The lowest BCUT2D eigenvalue weighted by atomic mass is 10.0. The molecule has 0 saturated heterocycles. The van der Waals surface area contributed by atoms with Crippen LogP contribution in [0.4, 0.5) is 5.13 Å². The van der Waals surface area contributed by atoms with Crippen LogP contribution < -0.4 is 5.32 Å². The lowest BCUT2D eigenvalue weighted by molar-refractivity contribution is -0.113. The molecule has 8 heteroatoms. The van der Waals surface area contributed by atoms with Gasteiger partial charge in [0.05, 0.1) is 5.75 Å². The molecule has 0 bridgehead atoms. The van der Waals surface area contributed by atoms with Gasteiger partial charge in [-0.25, -0.2) is 15.0 Å². The van der Waals surface area contributed by atoms with Gasteiger partial charge in [0.1, 0.15) is 0 Å². The quantitative estimate of drug-likeness (QED) is 0.300. The number of amides is 1. The summed E-state index contributed by atoms with van der Waals surface area (Å²) < 4.78 is 0. The summed E-state index contributed by atoms with van der Waals surface area (Å²) in [6.45, 7) is 3.83. The molecule has 5 nitrogen and oxygen atoms in total. The number of rotatable bonds is 6. The van der Waals surface area contributed by atoms with Crippen LogP contribution >= 0.6 is 34.7 Å². The Balaban J connectivity index is 1.39. The van der Waals surface area contributed by atoms with Gasteiger partial charge in [0.2, 0.25) is 5.91 Å². The zero-order chi connectivity index (χ0) is 21.1. The third kappa shape index (κ3) is 5.16. The third-order valence-electron chi connectivity index (χ3n) is 4.39. The summed E-state index contributed by atoms with van der Waals surface area (Å²) in [5.74, 6) is 0.116. The van der Waals surface area contributed by atoms with Gasteiger partial charge in [0, 0.05) is 33.9 Å². The lowest BCUT2D eigenvalue weighted by Gasteiger charge is -2.05. The maximum atomic E-state index is 12.3. The van der Waals surface area contributed by atoms with Crippen molar-refractivity contribution in [3.8, 4) is 0 Å². The summed E-state index contributed by atoms with van der Waals surface area (Å²) in [6, 6.07) is 14.0. The van der Waals surface area contributed by atoms with Crippen molar-refractivity contribution in [3.05, 3.63) is 75.5 Å². The largest absolute Gasteiger partial charge is 0.301 e. The molecule has 2 heterocycles. The minimum atomic E-state index is -0.122. The summed E-state index contributed by atoms with van der Waals surface area (Å²) in [4.78, 5) is 26.4. The van der Waals surface area contributed by atoms with E-state index >= 15 is 0 Å². The summed E-state index contributed by atoms with van der Waals surface area (Å²) in [5.41, 5.74) is 2.99. The fourth-order valence-electron chi connectivity index (χ4n) is 3.15. The molecule has 30 heavy (non-hydrogen) atoms. The van der Waals surface area contributed by atoms with Crippen molar-refractivity contribution in [3.63, 3.8) is 0 Å². The number of nitrogens with one attached hydrogen (secondary N) is 1. The normalized spacial score (nSPS) is 11.0. The average molecular weight is 455 g/mol. The van der Waals surface area contributed by atoms with Gasteiger partial charge in [-0.2, -0.15) is 0 Å². The lowest BCUT2D eigenvalue weighted by Crippen LogP contribution is -2.14. The Labute approximate surface area is 187 Å². The molecule has 0 saturated carbocycles. The number of thioether (sulfide) groups is 1. The fourth-order valence-corrected chi connectivity index (χ4v) is 4.94. The number of anilines is 1. The molecule has 0 spiro atoms. The highest BCUT2D eigenvalue weighted by atomic mass is 35.5. The molecule has 0 aliphatic heterocycles. The van der Waals surface area contributed by atoms with Gasteiger partial charge >= 0.3 is 0 Å². The van der Waals surface area contributed by atoms with Crippen LogP contribution in [0, 0.1) is 13.8 Å². The smallest absolute Gasteiger partial charge is 0.236 e. The van der Waals surface area contributed by atoms with E-state index in [1.165, 1.54) is 34.0 Å². The Kier molecular flexibility index (Phi) is 6.32.